The third-order valence-corrected chi connectivity index (χ3v) is 3.21. The minimum Gasteiger partial charge on any atom is -0.489 e. The molecule has 0 bridgehead atoms. The number of hydrogen-bond donors (Lipinski definition) is 0. The van der Waals surface area contributed by atoms with E-state index in [2.05, 4.69) is 0 Å². The van der Waals surface area contributed by atoms with E-state index in [-0.39, 0.29) is 19.0 Å². The zero-order valence-electron chi connectivity index (χ0n) is 13.1. The third kappa shape index (κ3) is 5.30. The lowest BCUT2D eigenvalue weighted by Crippen LogP contribution is -2.07. The normalized spacial score (nSPS) is 11.2. The average molecular weight is 338 g/mol. The van der Waals surface area contributed by atoms with Gasteiger partial charge in [0.05, 0.1) is 18.6 Å². The van der Waals surface area contributed by atoms with Crippen LogP contribution in [0.4, 0.5) is 13.2 Å². The van der Waals surface area contributed by atoms with Gasteiger partial charge in [0.2, 0.25) is 0 Å². The number of halogens is 3. The van der Waals surface area contributed by atoms with Crippen LogP contribution in [0.25, 0.3) is 0 Å². The van der Waals surface area contributed by atoms with E-state index in [4.69, 9.17) is 9.47 Å². The second kappa shape index (κ2) is 7.86. The molecule has 0 atom stereocenters. The molecule has 0 spiro atoms. The molecule has 6 heteroatoms. The van der Waals surface area contributed by atoms with Gasteiger partial charge in [0.1, 0.15) is 12.4 Å². The summed E-state index contributed by atoms with van der Waals surface area (Å²) in [6.07, 6.45) is -4.26. The molecule has 0 saturated carbocycles. The van der Waals surface area contributed by atoms with Gasteiger partial charge < -0.3 is 9.47 Å². The molecule has 128 valence electrons. The second-order valence-electron chi connectivity index (χ2n) is 5.12. The number of carbonyl (C=O) groups is 1. The first kappa shape index (κ1) is 17.8. The first-order valence-corrected chi connectivity index (χ1v) is 7.42. The summed E-state index contributed by atoms with van der Waals surface area (Å²) in [4.78, 5) is 11.5. The zero-order valence-corrected chi connectivity index (χ0v) is 13.1. The fraction of sp³-hybridized carbons (Fsp3) is 0.278. The predicted octanol–water partition coefficient (Wildman–Crippen LogP) is 4.39. The Morgan fingerprint density at radius 2 is 1.75 bits per heavy atom. The van der Waals surface area contributed by atoms with Gasteiger partial charge >= 0.3 is 12.1 Å². The standard InChI is InChI=1S/C18H17F3O3/c1-2-23-17(22)11-13-5-4-8-16(10-13)24-12-14-6-3-7-15(9-14)18(19,20)21/h3-10H,2,11-12H2,1H3. The maximum atomic E-state index is 12.7. The van der Waals surface area contributed by atoms with Crippen LogP contribution in [-0.4, -0.2) is 12.6 Å². The predicted molar refractivity (Wildman–Crippen MR) is 82.6 cm³/mol. The van der Waals surface area contributed by atoms with Crippen molar-refractivity contribution < 1.29 is 27.4 Å². The molecule has 0 radical (unpaired) electrons. The summed E-state index contributed by atoms with van der Waals surface area (Å²) in [6, 6.07) is 11.8. The van der Waals surface area contributed by atoms with Gasteiger partial charge in [-0.3, -0.25) is 4.79 Å². The van der Waals surface area contributed by atoms with Crippen molar-refractivity contribution in [1.29, 1.82) is 0 Å². The number of esters is 1. The fourth-order valence-corrected chi connectivity index (χ4v) is 2.13. The Morgan fingerprint density at radius 1 is 1.04 bits per heavy atom. The number of carbonyl (C=O) groups excluding carboxylic acids is 1. The highest BCUT2D eigenvalue weighted by atomic mass is 19.4. The third-order valence-electron chi connectivity index (χ3n) is 3.21. The molecular formula is C18H17F3O3. The number of rotatable bonds is 6. The van der Waals surface area contributed by atoms with E-state index in [1.807, 2.05) is 0 Å². The number of hydrogen-bond acceptors (Lipinski definition) is 3. The summed E-state index contributed by atoms with van der Waals surface area (Å²) in [6.45, 7) is 2.05. The molecule has 2 aromatic carbocycles. The Bertz CT molecular complexity index is 696. The van der Waals surface area contributed by atoms with Gasteiger partial charge in [0.25, 0.3) is 0 Å². The van der Waals surface area contributed by atoms with Crippen molar-refractivity contribution in [3.8, 4) is 5.75 Å². The second-order valence-corrected chi connectivity index (χ2v) is 5.12. The van der Waals surface area contributed by atoms with E-state index in [0.29, 0.717) is 17.9 Å². The minimum absolute atomic E-state index is 0.00673. The number of alkyl halides is 3. The van der Waals surface area contributed by atoms with Gasteiger partial charge in [0, 0.05) is 0 Å². The highest BCUT2D eigenvalue weighted by Crippen LogP contribution is 2.29. The van der Waals surface area contributed by atoms with Crippen LogP contribution in [0.1, 0.15) is 23.6 Å². The van der Waals surface area contributed by atoms with Gasteiger partial charge in [-0.1, -0.05) is 24.3 Å². The van der Waals surface area contributed by atoms with Crippen LogP contribution in [-0.2, 0) is 28.7 Å². The van der Waals surface area contributed by atoms with Crippen LogP contribution < -0.4 is 4.74 Å². The summed E-state index contributed by atoms with van der Waals surface area (Å²) in [5.41, 5.74) is 0.426. The summed E-state index contributed by atoms with van der Waals surface area (Å²) in [5, 5.41) is 0. The first-order valence-electron chi connectivity index (χ1n) is 7.42. The van der Waals surface area contributed by atoms with Crippen molar-refractivity contribution in [2.24, 2.45) is 0 Å². The molecule has 0 aliphatic heterocycles. The molecule has 0 aliphatic rings. The number of ether oxygens (including phenoxy) is 2. The molecule has 2 aromatic rings. The van der Waals surface area contributed by atoms with E-state index in [1.54, 1.807) is 37.3 Å². The molecule has 0 amide bonds. The Balaban J connectivity index is 2.01. The molecule has 0 aromatic heterocycles. The SMILES string of the molecule is CCOC(=O)Cc1cccc(OCc2cccc(C(F)(F)F)c2)c1. The number of benzene rings is 2. The summed E-state index contributed by atoms with van der Waals surface area (Å²) >= 11 is 0. The monoisotopic (exact) mass is 338 g/mol. The zero-order chi connectivity index (χ0) is 17.6. The Morgan fingerprint density at radius 3 is 2.46 bits per heavy atom. The molecule has 0 N–H and O–H groups in total. The molecule has 2 rings (SSSR count). The Kier molecular flexibility index (Phi) is 5.84. The van der Waals surface area contributed by atoms with E-state index in [0.717, 1.165) is 17.7 Å². The van der Waals surface area contributed by atoms with Gasteiger partial charge in [0.15, 0.2) is 0 Å². The van der Waals surface area contributed by atoms with Gasteiger partial charge in [-0.25, -0.2) is 0 Å². The summed E-state index contributed by atoms with van der Waals surface area (Å²) < 4.78 is 48.4. The van der Waals surface area contributed by atoms with E-state index in [9.17, 15) is 18.0 Å². The fourth-order valence-electron chi connectivity index (χ4n) is 2.13. The van der Waals surface area contributed by atoms with Crippen LogP contribution in [0.3, 0.4) is 0 Å². The van der Waals surface area contributed by atoms with Crippen LogP contribution in [0, 0.1) is 0 Å². The lowest BCUT2D eigenvalue weighted by atomic mass is 10.1. The molecule has 0 fully saturated rings. The Labute approximate surface area is 138 Å². The van der Waals surface area contributed by atoms with Crippen molar-refractivity contribution in [3.05, 3.63) is 65.2 Å². The maximum absolute atomic E-state index is 12.7. The first-order chi connectivity index (χ1) is 11.4. The van der Waals surface area contributed by atoms with E-state index in [1.165, 1.54) is 6.07 Å². The Hall–Kier alpha value is -2.50. The lowest BCUT2D eigenvalue weighted by Gasteiger charge is -2.11. The highest BCUT2D eigenvalue weighted by Gasteiger charge is 2.30. The average Bonchev–Trinajstić information content (AvgIpc) is 2.53. The molecule has 24 heavy (non-hydrogen) atoms. The van der Waals surface area contributed by atoms with Crippen LogP contribution in [0.5, 0.6) is 5.75 Å². The largest absolute Gasteiger partial charge is 0.489 e. The summed E-state index contributed by atoms with van der Waals surface area (Å²) in [5.74, 6) is 0.140. The summed E-state index contributed by atoms with van der Waals surface area (Å²) in [7, 11) is 0. The maximum Gasteiger partial charge on any atom is 0.416 e. The molecule has 0 heterocycles. The molecular weight excluding hydrogens is 321 g/mol. The van der Waals surface area contributed by atoms with Crippen molar-refractivity contribution in [2.45, 2.75) is 26.1 Å². The van der Waals surface area contributed by atoms with Crippen molar-refractivity contribution in [1.82, 2.24) is 0 Å². The lowest BCUT2D eigenvalue weighted by molar-refractivity contribution is -0.142. The van der Waals surface area contributed by atoms with Gasteiger partial charge in [-0.05, 0) is 42.3 Å². The van der Waals surface area contributed by atoms with Crippen LogP contribution in [0.2, 0.25) is 0 Å². The van der Waals surface area contributed by atoms with E-state index >= 15 is 0 Å². The smallest absolute Gasteiger partial charge is 0.416 e. The van der Waals surface area contributed by atoms with Crippen LogP contribution >= 0.6 is 0 Å². The molecule has 0 saturated heterocycles. The van der Waals surface area contributed by atoms with Crippen molar-refractivity contribution >= 4 is 5.97 Å². The van der Waals surface area contributed by atoms with Crippen LogP contribution in [0.15, 0.2) is 48.5 Å². The molecule has 0 aliphatic carbocycles. The van der Waals surface area contributed by atoms with Crippen molar-refractivity contribution in [3.63, 3.8) is 0 Å². The van der Waals surface area contributed by atoms with Crippen molar-refractivity contribution in [2.75, 3.05) is 6.61 Å². The quantitative estimate of drug-likeness (QED) is 0.733. The van der Waals surface area contributed by atoms with Gasteiger partial charge in [-0.2, -0.15) is 13.2 Å². The van der Waals surface area contributed by atoms with E-state index < -0.39 is 11.7 Å². The minimum atomic E-state index is -4.38. The van der Waals surface area contributed by atoms with Gasteiger partial charge in [-0.15, -0.1) is 0 Å². The molecule has 3 nitrogen and oxygen atoms in total. The topological polar surface area (TPSA) is 35.5 Å². The highest BCUT2D eigenvalue weighted by molar-refractivity contribution is 5.72. The molecule has 0 unspecified atom stereocenters.